The Morgan fingerprint density at radius 2 is 2.27 bits per heavy atom. The molecular formula is C10H15NO4. The lowest BCUT2D eigenvalue weighted by Gasteiger charge is -2.22. The molecule has 15 heavy (non-hydrogen) atoms. The molecule has 1 saturated heterocycles. The summed E-state index contributed by atoms with van der Waals surface area (Å²) in [6, 6.07) is 0. The lowest BCUT2D eigenvalue weighted by Crippen LogP contribution is -2.39. The summed E-state index contributed by atoms with van der Waals surface area (Å²) in [4.78, 5) is 21.3. The summed E-state index contributed by atoms with van der Waals surface area (Å²) < 4.78 is 5.46. The highest BCUT2D eigenvalue weighted by Gasteiger charge is 2.29. The molecule has 0 bridgehead atoms. The fourth-order valence-electron chi connectivity index (χ4n) is 1.46. The average Bonchev–Trinajstić information content (AvgIpc) is 2.60. The monoisotopic (exact) mass is 213 g/mol. The van der Waals surface area contributed by atoms with Gasteiger partial charge in [0.05, 0.1) is 5.60 Å². The van der Waals surface area contributed by atoms with Crippen LogP contribution in [0.15, 0.2) is 12.2 Å². The number of hydrogen-bond acceptors (Lipinski definition) is 3. The molecule has 1 fully saturated rings. The molecule has 1 unspecified atom stereocenters. The van der Waals surface area contributed by atoms with E-state index in [0.717, 1.165) is 31.6 Å². The number of carbonyl (C=O) groups is 2. The summed E-state index contributed by atoms with van der Waals surface area (Å²) in [6.07, 6.45) is 3.72. The molecule has 1 atom stereocenters. The second-order valence-corrected chi connectivity index (χ2v) is 3.79. The maximum Gasteiger partial charge on any atom is 0.328 e. The topological polar surface area (TPSA) is 75.6 Å². The standard InChI is InChI=1S/C10H15NO4/c1-10(5-2-6-15-10)7-11-8(12)3-4-9(13)14/h3-4H,2,5-7H2,1H3,(H,11,12)(H,13,14). The Morgan fingerprint density at radius 1 is 1.53 bits per heavy atom. The smallest absolute Gasteiger partial charge is 0.328 e. The number of carboxylic acid groups (broad SMARTS) is 1. The Kier molecular flexibility index (Phi) is 3.85. The van der Waals surface area contributed by atoms with Crippen LogP contribution in [0.25, 0.3) is 0 Å². The predicted molar refractivity (Wildman–Crippen MR) is 53.4 cm³/mol. The summed E-state index contributed by atoms with van der Waals surface area (Å²) in [5, 5.41) is 10.9. The number of aliphatic carboxylic acids is 1. The maximum atomic E-state index is 11.1. The van der Waals surface area contributed by atoms with Crippen LogP contribution in [0.1, 0.15) is 19.8 Å². The van der Waals surface area contributed by atoms with Crippen molar-refractivity contribution in [2.24, 2.45) is 0 Å². The van der Waals surface area contributed by atoms with Crippen LogP contribution in [0, 0.1) is 0 Å². The van der Waals surface area contributed by atoms with E-state index in [0.29, 0.717) is 6.54 Å². The number of carbonyl (C=O) groups excluding carboxylic acids is 1. The van der Waals surface area contributed by atoms with Crippen LogP contribution in [0.2, 0.25) is 0 Å². The maximum absolute atomic E-state index is 11.1. The number of rotatable bonds is 4. The third-order valence-electron chi connectivity index (χ3n) is 2.31. The molecule has 0 aromatic heterocycles. The SMILES string of the molecule is CC1(CNC(=O)C=CC(=O)O)CCCO1. The van der Waals surface area contributed by atoms with Crippen molar-refractivity contribution in [3.63, 3.8) is 0 Å². The molecule has 5 nitrogen and oxygen atoms in total. The summed E-state index contributed by atoms with van der Waals surface area (Å²) in [6.45, 7) is 3.06. The zero-order valence-electron chi connectivity index (χ0n) is 8.66. The number of carboxylic acids is 1. The van der Waals surface area contributed by atoms with E-state index >= 15 is 0 Å². The first kappa shape index (κ1) is 11.7. The van der Waals surface area contributed by atoms with Crippen LogP contribution in [-0.4, -0.2) is 35.7 Å². The van der Waals surface area contributed by atoms with Crippen molar-refractivity contribution in [1.29, 1.82) is 0 Å². The van der Waals surface area contributed by atoms with E-state index < -0.39 is 11.9 Å². The van der Waals surface area contributed by atoms with Crippen LogP contribution < -0.4 is 5.32 Å². The molecule has 1 aliphatic heterocycles. The first-order valence-electron chi connectivity index (χ1n) is 4.85. The van der Waals surface area contributed by atoms with Crippen LogP contribution in [0.4, 0.5) is 0 Å². The number of amides is 1. The minimum atomic E-state index is -1.13. The van der Waals surface area contributed by atoms with E-state index in [4.69, 9.17) is 9.84 Å². The van der Waals surface area contributed by atoms with Crippen molar-refractivity contribution in [1.82, 2.24) is 5.32 Å². The Morgan fingerprint density at radius 3 is 2.80 bits per heavy atom. The Hall–Kier alpha value is -1.36. The van der Waals surface area contributed by atoms with E-state index in [9.17, 15) is 9.59 Å². The summed E-state index contributed by atoms with van der Waals surface area (Å²) >= 11 is 0. The van der Waals surface area contributed by atoms with Crippen LogP contribution in [0.3, 0.4) is 0 Å². The molecule has 1 rings (SSSR count). The molecule has 0 aromatic carbocycles. The second-order valence-electron chi connectivity index (χ2n) is 3.79. The number of hydrogen-bond donors (Lipinski definition) is 2. The molecule has 1 aliphatic rings. The Balaban J connectivity index is 2.30. The zero-order chi connectivity index (χ0) is 11.3. The lowest BCUT2D eigenvalue weighted by atomic mass is 10.0. The highest BCUT2D eigenvalue weighted by Crippen LogP contribution is 2.23. The average molecular weight is 213 g/mol. The quantitative estimate of drug-likeness (QED) is 0.659. The van der Waals surface area contributed by atoms with Crippen LogP contribution in [0.5, 0.6) is 0 Å². The Bertz CT molecular complexity index is 279. The van der Waals surface area contributed by atoms with Gasteiger partial charge in [-0.3, -0.25) is 4.79 Å². The summed E-state index contributed by atoms with van der Waals surface area (Å²) in [5.41, 5.74) is -0.299. The predicted octanol–water partition coefficient (Wildman–Crippen LogP) is 0.312. The van der Waals surface area contributed by atoms with E-state index in [-0.39, 0.29) is 5.60 Å². The highest BCUT2D eigenvalue weighted by molar-refractivity contribution is 5.93. The van der Waals surface area contributed by atoms with Crippen molar-refractivity contribution >= 4 is 11.9 Å². The first-order chi connectivity index (χ1) is 7.02. The van der Waals surface area contributed by atoms with Gasteiger partial charge in [-0.2, -0.15) is 0 Å². The molecule has 1 amide bonds. The van der Waals surface area contributed by atoms with Gasteiger partial charge >= 0.3 is 5.97 Å². The van der Waals surface area contributed by atoms with E-state index in [2.05, 4.69) is 5.32 Å². The van der Waals surface area contributed by atoms with Crippen molar-refractivity contribution in [2.45, 2.75) is 25.4 Å². The molecule has 0 radical (unpaired) electrons. The normalized spacial score (nSPS) is 25.7. The van der Waals surface area contributed by atoms with Gasteiger partial charge in [0.2, 0.25) is 5.91 Å². The van der Waals surface area contributed by atoms with E-state index in [1.165, 1.54) is 0 Å². The van der Waals surface area contributed by atoms with Gasteiger partial charge in [0.15, 0.2) is 0 Å². The third-order valence-corrected chi connectivity index (χ3v) is 2.31. The Labute approximate surface area is 88.1 Å². The molecule has 5 heteroatoms. The fourth-order valence-corrected chi connectivity index (χ4v) is 1.46. The highest BCUT2D eigenvalue weighted by atomic mass is 16.5. The van der Waals surface area contributed by atoms with Crippen molar-refractivity contribution < 1.29 is 19.4 Å². The first-order valence-corrected chi connectivity index (χ1v) is 4.85. The summed E-state index contributed by atoms with van der Waals surface area (Å²) in [5.74, 6) is -1.54. The fraction of sp³-hybridized carbons (Fsp3) is 0.600. The van der Waals surface area contributed by atoms with E-state index in [1.54, 1.807) is 0 Å². The van der Waals surface area contributed by atoms with Gasteiger partial charge in [0.25, 0.3) is 0 Å². The van der Waals surface area contributed by atoms with Crippen molar-refractivity contribution in [3.8, 4) is 0 Å². The van der Waals surface area contributed by atoms with Gasteiger partial charge in [-0.1, -0.05) is 0 Å². The van der Waals surface area contributed by atoms with Gasteiger partial charge < -0.3 is 15.2 Å². The third kappa shape index (κ3) is 4.12. The van der Waals surface area contributed by atoms with Crippen LogP contribution >= 0.6 is 0 Å². The second kappa shape index (κ2) is 4.93. The van der Waals surface area contributed by atoms with Crippen LogP contribution in [-0.2, 0) is 14.3 Å². The molecule has 2 N–H and O–H groups in total. The molecule has 0 spiro atoms. The van der Waals surface area contributed by atoms with E-state index in [1.807, 2.05) is 6.92 Å². The molecular weight excluding hydrogens is 198 g/mol. The summed E-state index contributed by atoms with van der Waals surface area (Å²) in [7, 11) is 0. The minimum absolute atomic E-state index is 0.299. The van der Waals surface area contributed by atoms with Crippen molar-refractivity contribution in [2.75, 3.05) is 13.2 Å². The molecule has 0 aromatic rings. The lowest BCUT2D eigenvalue weighted by molar-refractivity contribution is -0.131. The van der Waals surface area contributed by atoms with Gasteiger partial charge in [-0.15, -0.1) is 0 Å². The molecule has 0 saturated carbocycles. The van der Waals surface area contributed by atoms with Gasteiger partial charge in [-0.05, 0) is 19.8 Å². The van der Waals surface area contributed by atoms with Gasteiger partial charge in [0, 0.05) is 25.3 Å². The van der Waals surface area contributed by atoms with Crippen molar-refractivity contribution in [3.05, 3.63) is 12.2 Å². The minimum Gasteiger partial charge on any atom is -0.478 e. The van der Waals surface area contributed by atoms with Gasteiger partial charge in [0.1, 0.15) is 0 Å². The van der Waals surface area contributed by atoms with Gasteiger partial charge in [-0.25, -0.2) is 4.79 Å². The molecule has 1 heterocycles. The largest absolute Gasteiger partial charge is 0.478 e. The molecule has 0 aliphatic carbocycles. The zero-order valence-corrected chi connectivity index (χ0v) is 8.66. The molecule has 84 valence electrons. The number of ether oxygens (including phenoxy) is 1. The number of nitrogens with one attached hydrogen (secondary N) is 1.